The molecule has 0 spiro atoms. The predicted molar refractivity (Wildman–Crippen MR) is 106 cm³/mol. The Hall–Kier alpha value is -3.00. The third-order valence-electron chi connectivity index (χ3n) is 3.72. The van der Waals surface area contributed by atoms with E-state index < -0.39 is 0 Å². The fourth-order valence-electron chi connectivity index (χ4n) is 2.30. The molecule has 2 aromatic heterocycles. The topological polar surface area (TPSA) is 89.0 Å². The third-order valence-corrected chi connectivity index (χ3v) is 4.87. The van der Waals surface area contributed by atoms with E-state index in [1.165, 1.54) is 4.88 Å². The Balaban J connectivity index is 1.49. The van der Waals surface area contributed by atoms with Crippen LogP contribution in [0.1, 0.15) is 28.4 Å². The summed E-state index contributed by atoms with van der Waals surface area (Å²) in [4.78, 5) is 25.8. The Morgan fingerprint density at radius 3 is 2.63 bits per heavy atom. The first kappa shape index (κ1) is 18.8. The molecule has 0 aliphatic carbocycles. The van der Waals surface area contributed by atoms with Gasteiger partial charge < -0.3 is 15.4 Å². The minimum absolute atomic E-state index is 0.166. The summed E-state index contributed by atoms with van der Waals surface area (Å²) in [5.74, 6) is 0.763. The Morgan fingerprint density at radius 1 is 1.19 bits per heavy atom. The van der Waals surface area contributed by atoms with Gasteiger partial charge in [-0.05, 0) is 44.2 Å². The van der Waals surface area contributed by atoms with Crippen molar-refractivity contribution < 1.29 is 9.53 Å². The summed E-state index contributed by atoms with van der Waals surface area (Å²) in [5.41, 5.74) is 1.50. The number of nitrogens with zero attached hydrogens (tertiary/aromatic N) is 3. The van der Waals surface area contributed by atoms with Crippen molar-refractivity contribution in [3.63, 3.8) is 0 Å². The quantitative estimate of drug-likeness (QED) is 0.664. The molecule has 0 bridgehead atoms. The van der Waals surface area contributed by atoms with Gasteiger partial charge in [-0.3, -0.25) is 0 Å². The Kier molecular flexibility index (Phi) is 5.97. The Morgan fingerprint density at radius 2 is 1.96 bits per heavy atom. The highest BCUT2D eigenvalue weighted by molar-refractivity contribution is 7.11. The number of carbonyl (C=O) groups is 1. The number of ether oxygens (including phenoxy) is 1. The summed E-state index contributed by atoms with van der Waals surface area (Å²) in [6.45, 7) is 6.45. The van der Waals surface area contributed by atoms with Crippen LogP contribution < -0.4 is 15.4 Å². The maximum absolute atomic E-state index is 12.1. The molecule has 1 aromatic carbocycles. The lowest BCUT2D eigenvalue weighted by Crippen LogP contribution is -2.31. The minimum Gasteiger partial charge on any atom is -0.424 e. The predicted octanol–water partition coefficient (Wildman–Crippen LogP) is 4.27. The fraction of sp³-hybridized carbons (Fsp3) is 0.263. The van der Waals surface area contributed by atoms with Crippen molar-refractivity contribution in [1.82, 2.24) is 20.3 Å². The van der Waals surface area contributed by atoms with Gasteiger partial charge in [0.15, 0.2) is 0 Å². The highest BCUT2D eigenvalue weighted by Crippen LogP contribution is 2.21. The number of rotatable bonds is 6. The van der Waals surface area contributed by atoms with E-state index in [0.29, 0.717) is 24.0 Å². The van der Waals surface area contributed by atoms with Gasteiger partial charge in [0.05, 0.1) is 5.01 Å². The minimum atomic E-state index is -0.259. The fourth-order valence-corrected chi connectivity index (χ4v) is 3.12. The van der Waals surface area contributed by atoms with Crippen LogP contribution in [-0.2, 0) is 0 Å². The number of aromatic nitrogens is 3. The molecule has 2 heterocycles. The van der Waals surface area contributed by atoms with Crippen LogP contribution in [0.5, 0.6) is 11.8 Å². The van der Waals surface area contributed by atoms with Crippen LogP contribution >= 0.6 is 11.3 Å². The summed E-state index contributed by atoms with van der Waals surface area (Å²) >= 11 is 1.65. The van der Waals surface area contributed by atoms with Crippen LogP contribution in [0.3, 0.4) is 0 Å². The van der Waals surface area contributed by atoms with Crippen LogP contribution in [-0.4, -0.2) is 27.5 Å². The van der Waals surface area contributed by atoms with E-state index in [9.17, 15) is 4.79 Å². The number of thiazole rings is 1. The highest BCUT2D eigenvalue weighted by atomic mass is 32.1. The first-order chi connectivity index (χ1) is 13.0. The van der Waals surface area contributed by atoms with Gasteiger partial charge in [0, 0.05) is 41.1 Å². The van der Waals surface area contributed by atoms with E-state index in [2.05, 4.69) is 25.6 Å². The lowest BCUT2D eigenvalue weighted by Gasteiger charge is -2.11. The van der Waals surface area contributed by atoms with E-state index >= 15 is 0 Å². The van der Waals surface area contributed by atoms with E-state index in [1.807, 2.05) is 27.0 Å². The van der Waals surface area contributed by atoms with Crippen LogP contribution in [0.15, 0.2) is 42.7 Å². The molecule has 1 unspecified atom stereocenters. The van der Waals surface area contributed by atoms with Crippen LogP contribution in [0.2, 0.25) is 0 Å². The SMILES string of the molecule is Cc1ccnc(Oc2ccc(NC(=O)NCC(C)c3ncc(C)s3)cc2)n1. The normalized spacial score (nSPS) is 11.7. The molecule has 27 heavy (non-hydrogen) atoms. The molecule has 3 aromatic rings. The van der Waals surface area contributed by atoms with Crippen molar-refractivity contribution in [1.29, 1.82) is 0 Å². The van der Waals surface area contributed by atoms with Gasteiger partial charge in [0.1, 0.15) is 5.75 Å². The molecule has 0 saturated heterocycles. The molecule has 2 N–H and O–H groups in total. The summed E-state index contributed by atoms with van der Waals surface area (Å²) in [5, 5.41) is 6.69. The van der Waals surface area contributed by atoms with Gasteiger partial charge in [0.2, 0.25) is 0 Å². The second kappa shape index (κ2) is 8.59. The van der Waals surface area contributed by atoms with Gasteiger partial charge in [-0.2, -0.15) is 0 Å². The zero-order valence-electron chi connectivity index (χ0n) is 15.4. The summed E-state index contributed by atoms with van der Waals surface area (Å²) < 4.78 is 5.59. The van der Waals surface area contributed by atoms with Crippen molar-refractivity contribution >= 4 is 23.1 Å². The van der Waals surface area contributed by atoms with Crippen molar-refractivity contribution in [2.75, 3.05) is 11.9 Å². The van der Waals surface area contributed by atoms with Crippen LogP contribution in [0.25, 0.3) is 0 Å². The number of urea groups is 1. The third kappa shape index (κ3) is 5.49. The van der Waals surface area contributed by atoms with E-state index in [1.54, 1.807) is 47.9 Å². The number of hydrogen-bond acceptors (Lipinski definition) is 6. The maximum atomic E-state index is 12.1. The molecule has 0 aliphatic heterocycles. The molecule has 140 valence electrons. The molecule has 0 radical (unpaired) electrons. The summed E-state index contributed by atoms with van der Waals surface area (Å²) in [6, 6.07) is 8.86. The van der Waals surface area contributed by atoms with Crippen molar-refractivity contribution in [2.45, 2.75) is 26.7 Å². The molecule has 3 rings (SSSR count). The zero-order chi connectivity index (χ0) is 19.2. The Labute approximate surface area is 161 Å². The number of anilines is 1. The van der Waals surface area contributed by atoms with Gasteiger partial charge in [0.25, 0.3) is 0 Å². The van der Waals surface area contributed by atoms with E-state index in [0.717, 1.165) is 10.7 Å². The van der Waals surface area contributed by atoms with Gasteiger partial charge in [-0.1, -0.05) is 6.92 Å². The number of carbonyl (C=O) groups excluding carboxylic acids is 1. The van der Waals surface area contributed by atoms with Gasteiger partial charge >= 0.3 is 12.0 Å². The van der Waals surface area contributed by atoms with Crippen LogP contribution in [0, 0.1) is 13.8 Å². The molecule has 0 saturated carbocycles. The number of hydrogen-bond donors (Lipinski definition) is 2. The molecular weight excluding hydrogens is 362 g/mol. The second-order valence-corrected chi connectivity index (χ2v) is 7.42. The monoisotopic (exact) mass is 383 g/mol. The Bertz CT molecular complexity index is 910. The molecule has 7 nitrogen and oxygen atoms in total. The number of amides is 2. The molecule has 0 fully saturated rings. The number of aryl methyl sites for hydroxylation is 2. The number of benzene rings is 1. The molecule has 8 heteroatoms. The van der Waals surface area contributed by atoms with Crippen molar-refractivity contribution in [3.8, 4) is 11.8 Å². The summed E-state index contributed by atoms with van der Waals surface area (Å²) in [7, 11) is 0. The molecule has 2 amide bonds. The zero-order valence-corrected chi connectivity index (χ0v) is 16.2. The standard InChI is InChI=1S/C19H21N5O2S/c1-12(17-21-11-14(3)27-17)10-22-18(25)24-15-4-6-16(7-5-15)26-19-20-9-8-13(2)23-19/h4-9,11-12H,10H2,1-3H3,(H2,22,24,25). The van der Waals surface area contributed by atoms with Crippen molar-refractivity contribution in [2.24, 2.45) is 0 Å². The average molecular weight is 383 g/mol. The largest absolute Gasteiger partial charge is 0.424 e. The van der Waals surface area contributed by atoms with E-state index in [-0.39, 0.29) is 11.9 Å². The average Bonchev–Trinajstić information content (AvgIpc) is 3.08. The van der Waals surface area contributed by atoms with Gasteiger partial charge in [-0.25, -0.2) is 19.7 Å². The first-order valence-corrected chi connectivity index (χ1v) is 9.36. The highest BCUT2D eigenvalue weighted by Gasteiger charge is 2.11. The lowest BCUT2D eigenvalue weighted by atomic mass is 10.2. The summed E-state index contributed by atoms with van der Waals surface area (Å²) in [6.07, 6.45) is 3.49. The smallest absolute Gasteiger partial charge is 0.322 e. The molecule has 0 aliphatic rings. The van der Waals surface area contributed by atoms with Crippen molar-refractivity contribution in [3.05, 3.63) is 58.3 Å². The van der Waals surface area contributed by atoms with Crippen LogP contribution in [0.4, 0.5) is 10.5 Å². The van der Waals surface area contributed by atoms with E-state index in [4.69, 9.17) is 4.74 Å². The first-order valence-electron chi connectivity index (χ1n) is 8.54. The number of nitrogens with one attached hydrogen (secondary N) is 2. The second-order valence-electron chi connectivity index (χ2n) is 6.15. The molecule has 1 atom stereocenters. The lowest BCUT2D eigenvalue weighted by molar-refractivity contribution is 0.251. The molecular formula is C19H21N5O2S. The van der Waals surface area contributed by atoms with Gasteiger partial charge in [-0.15, -0.1) is 11.3 Å². The maximum Gasteiger partial charge on any atom is 0.322 e.